The van der Waals surface area contributed by atoms with Crippen LogP contribution in [0.5, 0.6) is 0 Å². The standard InChI is InChI=1S/C13H16FNO4S/c14-20(17,18)9-3-8-19-13(16)15-7-6-11-4-1-2-5-12(11)10-15/h1-2,4-5H,3,6-10H2. The molecule has 0 spiro atoms. The Morgan fingerprint density at radius 1 is 1.30 bits per heavy atom. The Kier molecular flexibility index (Phi) is 4.59. The Morgan fingerprint density at radius 3 is 2.70 bits per heavy atom. The minimum atomic E-state index is -4.49. The summed E-state index contributed by atoms with van der Waals surface area (Å²) in [6, 6.07) is 7.87. The van der Waals surface area contributed by atoms with Gasteiger partial charge in [-0.25, -0.2) is 4.79 Å². The first-order valence-electron chi connectivity index (χ1n) is 6.36. The quantitative estimate of drug-likeness (QED) is 0.629. The summed E-state index contributed by atoms with van der Waals surface area (Å²) in [5.41, 5.74) is 2.31. The highest BCUT2D eigenvalue weighted by atomic mass is 32.3. The van der Waals surface area contributed by atoms with Gasteiger partial charge in [0.05, 0.1) is 12.4 Å². The summed E-state index contributed by atoms with van der Waals surface area (Å²) in [5.74, 6) is -0.622. The van der Waals surface area contributed by atoms with Crippen molar-refractivity contribution in [1.29, 1.82) is 0 Å². The molecule has 1 aliphatic heterocycles. The minimum Gasteiger partial charge on any atom is -0.449 e. The highest BCUT2D eigenvalue weighted by molar-refractivity contribution is 7.86. The molecule has 1 aliphatic rings. The molecule has 20 heavy (non-hydrogen) atoms. The predicted molar refractivity (Wildman–Crippen MR) is 71.4 cm³/mol. The van der Waals surface area contributed by atoms with Gasteiger partial charge in [0.2, 0.25) is 0 Å². The van der Waals surface area contributed by atoms with E-state index in [-0.39, 0.29) is 13.0 Å². The Balaban J connectivity index is 1.80. The molecular formula is C13H16FNO4S. The Labute approximate surface area is 117 Å². The molecule has 0 radical (unpaired) electrons. The van der Waals surface area contributed by atoms with E-state index in [1.54, 1.807) is 4.90 Å². The topological polar surface area (TPSA) is 63.7 Å². The van der Waals surface area contributed by atoms with Crippen LogP contribution in [0.2, 0.25) is 0 Å². The summed E-state index contributed by atoms with van der Waals surface area (Å²) in [6.07, 6.45) is 0.245. The van der Waals surface area contributed by atoms with Gasteiger partial charge in [-0.05, 0) is 24.0 Å². The lowest BCUT2D eigenvalue weighted by Crippen LogP contribution is -2.36. The third kappa shape index (κ3) is 4.19. The van der Waals surface area contributed by atoms with Crippen LogP contribution in [-0.2, 0) is 27.9 Å². The fourth-order valence-corrected chi connectivity index (χ4v) is 2.60. The number of rotatable bonds is 4. The molecule has 0 saturated heterocycles. The molecule has 5 nitrogen and oxygen atoms in total. The fraction of sp³-hybridized carbons (Fsp3) is 0.462. The lowest BCUT2D eigenvalue weighted by atomic mass is 10.0. The number of nitrogens with zero attached hydrogens (tertiary/aromatic N) is 1. The summed E-state index contributed by atoms with van der Waals surface area (Å²) in [5, 5.41) is 0. The number of benzene rings is 1. The van der Waals surface area contributed by atoms with Gasteiger partial charge in [-0.3, -0.25) is 0 Å². The Hall–Kier alpha value is -1.63. The van der Waals surface area contributed by atoms with Gasteiger partial charge in [-0.1, -0.05) is 24.3 Å². The van der Waals surface area contributed by atoms with Crippen molar-refractivity contribution in [2.24, 2.45) is 0 Å². The van der Waals surface area contributed by atoms with Gasteiger partial charge in [0.25, 0.3) is 0 Å². The number of carbonyl (C=O) groups excluding carboxylic acids is 1. The van der Waals surface area contributed by atoms with E-state index in [0.29, 0.717) is 13.1 Å². The van der Waals surface area contributed by atoms with Gasteiger partial charge in [-0.15, -0.1) is 3.89 Å². The van der Waals surface area contributed by atoms with E-state index in [2.05, 4.69) is 0 Å². The largest absolute Gasteiger partial charge is 0.449 e. The number of hydrogen-bond acceptors (Lipinski definition) is 4. The fourth-order valence-electron chi connectivity index (χ4n) is 2.13. The van der Waals surface area contributed by atoms with Crippen molar-refractivity contribution in [2.75, 3.05) is 18.9 Å². The van der Waals surface area contributed by atoms with E-state index in [9.17, 15) is 17.1 Å². The molecule has 0 fully saturated rings. The van der Waals surface area contributed by atoms with E-state index in [0.717, 1.165) is 12.0 Å². The first-order chi connectivity index (χ1) is 9.46. The van der Waals surface area contributed by atoms with Gasteiger partial charge < -0.3 is 9.64 Å². The van der Waals surface area contributed by atoms with Crippen LogP contribution in [0.3, 0.4) is 0 Å². The van der Waals surface area contributed by atoms with Crippen molar-refractivity contribution in [3.63, 3.8) is 0 Å². The number of halogens is 1. The zero-order valence-electron chi connectivity index (χ0n) is 10.9. The average Bonchev–Trinajstić information content (AvgIpc) is 2.42. The van der Waals surface area contributed by atoms with E-state index in [4.69, 9.17) is 4.74 Å². The van der Waals surface area contributed by atoms with Crippen LogP contribution in [0, 0.1) is 0 Å². The maximum atomic E-state index is 12.3. The summed E-state index contributed by atoms with van der Waals surface area (Å²) in [4.78, 5) is 13.4. The third-order valence-corrected chi connectivity index (χ3v) is 3.92. The molecule has 0 bridgehead atoms. The molecule has 0 N–H and O–H groups in total. The molecule has 0 atom stereocenters. The summed E-state index contributed by atoms with van der Waals surface area (Å²) in [7, 11) is -4.49. The molecule has 0 aromatic heterocycles. The van der Waals surface area contributed by atoms with Crippen molar-refractivity contribution < 1.29 is 21.8 Å². The van der Waals surface area contributed by atoms with E-state index in [1.807, 2.05) is 24.3 Å². The zero-order valence-corrected chi connectivity index (χ0v) is 11.7. The molecule has 0 saturated carbocycles. The van der Waals surface area contributed by atoms with Crippen LogP contribution in [0.1, 0.15) is 17.5 Å². The number of ether oxygens (including phenoxy) is 1. The molecule has 0 unspecified atom stereocenters. The van der Waals surface area contributed by atoms with Crippen LogP contribution < -0.4 is 0 Å². The second kappa shape index (κ2) is 6.21. The monoisotopic (exact) mass is 301 g/mol. The second-order valence-electron chi connectivity index (χ2n) is 4.65. The van der Waals surface area contributed by atoms with Gasteiger partial charge >= 0.3 is 16.3 Å². The zero-order chi connectivity index (χ0) is 14.6. The molecule has 2 rings (SSSR count). The highest BCUT2D eigenvalue weighted by Crippen LogP contribution is 2.18. The van der Waals surface area contributed by atoms with Crippen LogP contribution in [-0.4, -0.2) is 38.3 Å². The van der Waals surface area contributed by atoms with Crippen molar-refractivity contribution in [3.8, 4) is 0 Å². The van der Waals surface area contributed by atoms with Crippen molar-refractivity contribution in [2.45, 2.75) is 19.4 Å². The molecule has 1 aromatic carbocycles. The second-order valence-corrected chi connectivity index (χ2v) is 6.14. The number of amides is 1. The summed E-state index contributed by atoms with van der Waals surface area (Å²) in [6.45, 7) is 0.952. The van der Waals surface area contributed by atoms with Crippen LogP contribution in [0.25, 0.3) is 0 Å². The molecule has 0 aliphatic carbocycles. The molecule has 110 valence electrons. The lowest BCUT2D eigenvalue weighted by Gasteiger charge is -2.28. The molecular weight excluding hydrogens is 285 g/mol. The van der Waals surface area contributed by atoms with Crippen LogP contribution in [0.4, 0.5) is 8.68 Å². The van der Waals surface area contributed by atoms with Crippen LogP contribution in [0.15, 0.2) is 24.3 Å². The lowest BCUT2D eigenvalue weighted by molar-refractivity contribution is 0.0979. The van der Waals surface area contributed by atoms with Gasteiger partial charge in [0, 0.05) is 13.1 Å². The molecule has 1 amide bonds. The SMILES string of the molecule is O=C(OCCCS(=O)(=O)F)N1CCc2ccccc2C1. The van der Waals surface area contributed by atoms with Crippen molar-refractivity contribution in [1.82, 2.24) is 4.90 Å². The van der Waals surface area contributed by atoms with E-state index < -0.39 is 22.1 Å². The highest BCUT2D eigenvalue weighted by Gasteiger charge is 2.21. The molecule has 7 heteroatoms. The summed E-state index contributed by atoms with van der Waals surface area (Å²) < 4.78 is 37.8. The maximum absolute atomic E-state index is 12.3. The minimum absolute atomic E-state index is 0.0327. The third-order valence-electron chi connectivity index (χ3n) is 3.15. The molecule has 1 heterocycles. The summed E-state index contributed by atoms with van der Waals surface area (Å²) >= 11 is 0. The van der Waals surface area contributed by atoms with E-state index in [1.165, 1.54) is 5.56 Å². The van der Waals surface area contributed by atoms with Crippen molar-refractivity contribution in [3.05, 3.63) is 35.4 Å². The normalized spacial score (nSPS) is 14.8. The van der Waals surface area contributed by atoms with Gasteiger partial charge in [-0.2, -0.15) is 8.42 Å². The predicted octanol–water partition coefficient (Wildman–Crippen LogP) is 1.87. The van der Waals surface area contributed by atoms with Gasteiger partial charge in [0.15, 0.2) is 0 Å². The smallest absolute Gasteiger partial charge is 0.410 e. The average molecular weight is 301 g/mol. The Bertz CT molecular complexity index is 588. The van der Waals surface area contributed by atoms with Gasteiger partial charge in [0.1, 0.15) is 0 Å². The maximum Gasteiger partial charge on any atom is 0.410 e. The first kappa shape index (κ1) is 14.8. The number of hydrogen-bond donors (Lipinski definition) is 0. The first-order valence-corrected chi connectivity index (χ1v) is 7.92. The Morgan fingerprint density at radius 2 is 2.00 bits per heavy atom. The van der Waals surface area contributed by atoms with E-state index >= 15 is 0 Å². The number of carbonyl (C=O) groups is 1. The van der Waals surface area contributed by atoms with Crippen LogP contribution >= 0.6 is 0 Å². The van der Waals surface area contributed by atoms with Crippen molar-refractivity contribution >= 4 is 16.3 Å². The molecule has 1 aromatic rings. The number of fused-ring (bicyclic) bond motifs is 1.